The number of phenols is 1. The van der Waals surface area contributed by atoms with Crippen LogP contribution in [0.25, 0.3) is 0 Å². The second-order valence-electron chi connectivity index (χ2n) is 3.40. The second-order valence-corrected chi connectivity index (χ2v) is 4.65. The van der Waals surface area contributed by atoms with Crippen molar-refractivity contribution in [3.63, 3.8) is 0 Å². The lowest BCUT2D eigenvalue weighted by molar-refractivity contribution is 0.0681. The Hall–Kier alpha value is -0.860. The Labute approximate surface area is 113 Å². The lowest BCUT2D eigenvalue weighted by atomic mass is 10.1. The first-order valence-electron chi connectivity index (χ1n) is 5.09. The maximum Gasteiger partial charge on any atom is 0.257 e. The Kier molecular flexibility index (Phi) is 5.66. The third-order valence-electron chi connectivity index (χ3n) is 2.22. The molecule has 5 nitrogen and oxygen atoms in total. The van der Waals surface area contributed by atoms with Gasteiger partial charge < -0.3 is 20.2 Å². The van der Waals surface area contributed by atoms with Crippen molar-refractivity contribution in [1.29, 1.82) is 0 Å². The van der Waals surface area contributed by atoms with Crippen LogP contribution in [0.3, 0.4) is 0 Å². The molecule has 0 atom stereocenters. The number of rotatable bonds is 5. The molecule has 0 aromatic heterocycles. The number of carbonyl (C=O) groups excluding carboxylic acids is 1. The summed E-state index contributed by atoms with van der Waals surface area (Å²) in [5.74, 6) is -0.500. The first-order valence-corrected chi connectivity index (χ1v) is 6.17. The summed E-state index contributed by atoms with van der Waals surface area (Å²) in [6.07, 6.45) is 0. The Morgan fingerprint density at radius 3 is 2.35 bits per heavy atom. The monoisotopic (exact) mass is 351 g/mol. The van der Waals surface area contributed by atoms with E-state index in [9.17, 15) is 9.90 Å². The third-order valence-corrected chi connectivity index (χ3v) is 2.89. The molecule has 0 bridgehead atoms. The topological polar surface area (TPSA) is 81.0 Å². The number of halogens is 1. The van der Waals surface area contributed by atoms with Crippen molar-refractivity contribution in [2.45, 2.75) is 0 Å². The molecule has 0 spiro atoms. The fourth-order valence-corrected chi connectivity index (χ4v) is 1.90. The lowest BCUT2D eigenvalue weighted by Gasteiger charge is -2.21. The van der Waals surface area contributed by atoms with E-state index in [0.717, 1.165) is 3.57 Å². The fourth-order valence-electron chi connectivity index (χ4n) is 1.41. The Morgan fingerprint density at radius 2 is 1.82 bits per heavy atom. The average Bonchev–Trinajstić information content (AvgIpc) is 2.31. The molecule has 0 saturated carbocycles. The van der Waals surface area contributed by atoms with Crippen LogP contribution in [-0.2, 0) is 0 Å². The summed E-state index contributed by atoms with van der Waals surface area (Å²) in [6.45, 7) is -0.110. The van der Waals surface area contributed by atoms with Gasteiger partial charge in [-0.1, -0.05) is 0 Å². The van der Waals surface area contributed by atoms with Gasteiger partial charge in [0.2, 0.25) is 0 Å². The van der Waals surface area contributed by atoms with Gasteiger partial charge in [0.25, 0.3) is 5.91 Å². The van der Waals surface area contributed by atoms with Gasteiger partial charge in [-0.25, -0.2) is 0 Å². The van der Waals surface area contributed by atoms with Gasteiger partial charge in [0.05, 0.1) is 18.8 Å². The normalized spacial score (nSPS) is 10.3. The predicted octanol–water partition coefficient (Wildman–Crippen LogP) is 0.424. The first kappa shape index (κ1) is 14.2. The van der Waals surface area contributed by atoms with Crippen LogP contribution in [0.15, 0.2) is 18.2 Å². The Bertz CT molecular complexity index is 391. The molecule has 0 heterocycles. The average molecular weight is 351 g/mol. The van der Waals surface area contributed by atoms with E-state index in [2.05, 4.69) is 0 Å². The van der Waals surface area contributed by atoms with Gasteiger partial charge in [-0.05, 0) is 40.8 Å². The summed E-state index contributed by atoms with van der Waals surface area (Å²) in [4.78, 5) is 13.3. The summed E-state index contributed by atoms with van der Waals surface area (Å²) >= 11 is 2.04. The minimum atomic E-state index is -0.399. The molecule has 0 fully saturated rings. The zero-order valence-electron chi connectivity index (χ0n) is 9.14. The van der Waals surface area contributed by atoms with Gasteiger partial charge in [0.1, 0.15) is 5.75 Å². The molecule has 1 aromatic rings. The highest BCUT2D eigenvalue weighted by Crippen LogP contribution is 2.21. The number of phenolic OH excluding ortho intramolecular Hbond substituents is 1. The summed E-state index contributed by atoms with van der Waals surface area (Å²) in [5, 5.41) is 27.3. The molecule has 1 aromatic carbocycles. The molecule has 0 radical (unpaired) electrons. The van der Waals surface area contributed by atoms with E-state index in [0.29, 0.717) is 0 Å². The summed E-state index contributed by atoms with van der Waals surface area (Å²) in [5.41, 5.74) is 0.179. The Balaban J connectivity index is 2.95. The zero-order chi connectivity index (χ0) is 12.8. The van der Waals surface area contributed by atoms with Crippen LogP contribution in [0.5, 0.6) is 5.75 Å². The highest BCUT2D eigenvalue weighted by molar-refractivity contribution is 14.1. The highest BCUT2D eigenvalue weighted by Gasteiger charge is 2.18. The second kappa shape index (κ2) is 6.77. The molecule has 17 heavy (non-hydrogen) atoms. The number of benzene rings is 1. The molecule has 0 saturated heterocycles. The van der Waals surface area contributed by atoms with Crippen molar-refractivity contribution in [3.8, 4) is 5.75 Å². The van der Waals surface area contributed by atoms with Crippen LogP contribution in [-0.4, -0.2) is 52.4 Å². The molecule has 0 aliphatic carbocycles. The van der Waals surface area contributed by atoms with Crippen LogP contribution in [0.2, 0.25) is 0 Å². The predicted molar refractivity (Wildman–Crippen MR) is 70.9 cm³/mol. The zero-order valence-corrected chi connectivity index (χ0v) is 11.3. The number of carbonyl (C=O) groups is 1. The molecule has 6 heteroatoms. The van der Waals surface area contributed by atoms with E-state index < -0.39 is 5.91 Å². The molecule has 0 aliphatic rings. The van der Waals surface area contributed by atoms with Crippen molar-refractivity contribution in [2.75, 3.05) is 26.3 Å². The molecule has 1 amide bonds. The van der Waals surface area contributed by atoms with Gasteiger partial charge in [-0.2, -0.15) is 0 Å². The SMILES string of the molecule is O=C(c1cc(I)ccc1O)N(CCO)CCO. The van der Waals surface area contributed by atoms with Crippen LogP contribution < -0.4 is 0 Å². The van der Waals surface area contributed by atoms with Gasteiger partial charge in [-0.3, -0.25) is 4.79 Å². The van der Waals surface area contributed by atoms with Crippen molar-refractivity contribution in [3.05, 3.63) is 27.3 Å². The molecular formula is C11H14INO4. The molecule has 0 unspecified atom stereocenters. The quantitative estimate of drug-likeness (QED) is 0.672. The van der Waals surface area contributed by atoms with E-state index in [1.54, 1.807) is 12.1 Å². The van der Waals surface area contributed by atoms with Crippen LogP contribution in [0.1, 0.15) is 10.4 Å². The van der Waals surface area contributed by atoms with Crippen molar-refractivity contribution in [1.82, 2.24) is 4.90 Å². The fraction of sp³-hybridized carbons (Fsp3) is 0.364. The number of aromatic hydroxyl groups is 1. The molecule has 1 rings (SSSR count). The standard InChI is InChI=1S/C11H14INO4/c12-8-1-2-10(16)9(7-8)11(17)13(3-5-14)4-6-15/h1-2,7,14-16H,3-6H2. The largest absolute Gasteiger partial charge is 0.507 e. The minimum Gasteiger partial charge on any atom is -0.507 e. The lowest BCUT2D eigenvalue weighted by Crippen LogP contribution is -2.35. The summed E-state index contributed by atoms with van der Waals surface area (Å²) in [7, 11) is 0. The van der Waals surface area contributed by atoms with Crippen molar-refractivity contribution in [2.24, 2.45) is 0 Å². The molecule has 94 valence electrons. The van der Waals surface area contributed by atoms with Crippen LogP contribution in [0, 0.1) is 3.57 Å². The smallest absolute Gasteiger partial charge is 0.257 e. The van der Waals surface area contributed by atoms with Crippen LogP contribution >= 0.6 is 22.6 Å². The van der Waals surface area contributed by atoms with Gasteiger partial charge in [-0.15, -0.1) is 0 Å². The number of amides is 1. The molecular weight excluding hydrogens is 337 g/mol. The number of hydrogen-bond donors (Lipinski definition) is 3. The van der Waals surface area contributed by atoms with E-state index in [4.69, 9.17) is 10.2 Å². The van der Waals surface area contributed by atoms with E-state index in [1.807, 2.05) is 22.6 Å². The number of hydrogen-bond acceptors (Lipinski definition) is 4. The maximum absolute atomic E-state index is 12.0. The summed E-state index contributed by atoms with van der Waals surface area (Å²) < 4.78 is 0.830. The molecule has 0 aliphatic heterocycles. The highest BCUT2D eigenvalue weighted by atomic mass is 127. The van der Waals surface area contributed by atoms with Crippen molar-refractivity contribution < 1.29 is 20.1 Å². The van der Waals surface area contributed by atoms with Gasteiger partial charge >= 0.3 is 0 Å². The Morgan fingerprint density at radius 1 is 1.24 bits per heavy atom. The number of aliphatic hydroxyl groups excluding tert-OH is 2. The van der Waals surface area contributed by atoms with E-state index >= 15 is 0 Å². The van der Waals surface area contributed by atoms with E-state index in [1.165, 1.54) is 11.0 Å². The van der Waals surface area contributed by atoms with E-state index in [-0.39, 0.29) is 37.6 Å². The van der Waals surface area contributed by atoms with Gasteiger partial charge in [0.15, 0.2) is 0 Å². The minimum absolute atomic E-state index is 0.101. The van der Waals surface area contributed by atoms with Crippen LogP contribution in [0.4, 0.5) is 0 Å². The van der Waals surface area contributed by atoms with Crippen molar-refractivity contribution >= 4 is 28.5 Å². The van der Waals surface area contributed by atoms with Gasteiger partial charge in [0, 0.05) is 16.7 Å². The number of aliphatic hydroxyl groups is 2. The maximum atomic E-state index is 12.0. The summed E-state index contributed by atoms with van der Waals surface area (Å²) in [6, 6.07) is 4.71. The number of nitrogens with zero attached hydrogens (tertiary/aromatic N) is 1. The molecule has 3 N–H and O–H groups in total. The first-order chi connectivity index (χ1) is 8.10. The third kappa shape index (κ3) is 3.83.